The molecule has 1 aliphatic heterocycles. The number of nitrogens with one attached hydrogen (secondary N) is 1. The fourth-order valence-electron chi connectivity index (χ4n) is 5.49. The van der Waals surface area contributed by atoms with Crippen molar-refractivity contribution >= 4 is 49.4 Å². The summed E-state index contributed by atoms with van der Waals surface area (Å²) in [5.41, 5.74) is 6.47. The fourth-order valence-corrected chi connectivity index (χ4v) is 7.56. The summed E-state index contributed by atoms with van der Waals surface area (Å²) in [4.78, 5) is 28.8. The molecular weight excluding hydrogens is 549 g/mol. The molecule has 0 saturated heterocycles. The summed E-state index contributed by atoms with van der Waals surface area (Å²) >= 11 is 3.09. The highest BCUT2D eigenvalue weighted by atomic mass is 32.2. The molecule has 1 amide bonds. The second-order valence-corrected chi connectivity index (χ2v) is 13.1. The van der Waals surface area contributed by atoms with Crippen LogP contribution in [0.25, 0.3) is 20.4 Å². The van der Waals surface area contributed by atoms with Crippen LogP contribution in [0.4, 0.5) is 0 Å². The molecule has 6 rings (SSSR count). The molecule has 0 unspecified atom stereocenters. The van der Waals surface area contributed by atoms with Gasteiger partial charge in [-0.05, 0) is 43.4 Å². The molecule has 0 saturated carbocycles. The first kappa shape index (κ1) is 27.8. The van der Waals surface area contributed by atoms with Crippen molar-refractivity contribution < 1.29 is 9.53 Å². The number of rotatable bonds is 9. The van der Waals surface area contributed by atoms with Crippen LogP contribution >= 0.6 is 23.1 Å². The quantitative estimate of drug-likeness (QED) is 0.144. The van der Waals surface area contributed by atoms with Crippen LogP contribution in [0.1, 0.15) is 67.6 Å². The molecule has 4 heterocycles. The number of aromatic nitrogens is 3. The van der Waals surface area contributed by atoms with Gasteiger partial charge in [0, 0.05) is 23.1 Å². The summed E-state index contributed by atoms with van der Waals surface area (Å²) in [7, 11) is 0. The van der Waals surface area contributed by atoms with Gasteiger partial charge in [0.2, 0.25) is 5.91 Å². The molecule has 210 valence electrons. The Kier molecular flexibility index (Phi) is 8.06. The largest absolute Gasteiger partial charge is 0.370 e. The highest BCUT2D eigenvalue weighted by molar-refractivity contribution is 8.00. The number of nitrogens with zero attached hydrogens (tertiary/aromatic N) is 3. The molecule has 5 aromatic rings. The van der Waals surface area contributed by atoms with Crippen LogP contribution in [0.2, 0.25) is 0 Å². The minimum atomic E-state index is -0.242. The molecule has 1 N–H and O–H groups in total. The van der Waals surface area contributed by atoms with Gasteiger partial charge in [-0.2, -0.15) is 0 Å². The van der Waals surface area contributed by atoms with Gasteiger partial charge in [-0.3, -0.25) is 4.79 Å². The van der Waals surface area contributed by atoms with Crippen molar-refractivity contribution in [3.05, 3.63) is 94.9 Å². The molecule has 6 nitrogen and oxygen atoms in total. The third kappa shape index (κ3) is 5.87. The molecule has 0 bridgehead atoms. The summed E-state index contributed by atoms with van der Waals surface area (Å²) < 4.78 is 7.21. The number of hydrogen-bond acceptors (Lipinski definition) is 7. The van der Waals surface area contributed by atoms with Crippen molar-refractivity contribution in [2.24, 2.45) is 0 Å². The van der Waals surface area contributed by atoms with Crippen LogP contribution in [0, 0.1) is 0 Å². The lowest BCUT2D eigenvalue weighted by Gasteiger charge is -2.33. The van der Waals surface area contributed by atoms with Gasteiger partial charge in [0.1, 0.15) is 16.2 Å². The van der Waals surface area contributed by atoms with E-state index in [1.165, 1.54) is 22.9 Å². The Morgan fingerprint density at radius 1 is 1.05 bits per heavy atom. The zero-order valence-electron chi connectivity index (χ0n) is 23.6. The molecule has 8 heteroatoms. The fraction of sp³-hybridized carbons (Fsp3) is 0.333. The second kappa shape index (κ2) is 11.9. The second-order valence-electron chi connectivity index (χ2n) is 11.1. The van der Waals surface area contributed by atoms with Crippen LogP contribution in [0.15, 0.2) is 72.0 Å². The number of thiophene rings is 1. The zero-order chi connectivity index (χ0) is 28.4. The number of unbranched alkanes of at least 4 members (excludes halogenated alkanes) is 1. The number of carbonyl (C=O) groups is 1. The van der Waals surface area contributed by atoms with E-state index in [1.54, 1.807) is 17.7 Å². The van der Waals surface area contributed by atoms with E-state index in [4.69, 9.17) is 14.7 Å². The van der Waals surface area contributed by atoms with Crippen LogP contribution in [-0.2, 0) is 29.0 Å². The summed E-state index contributed by atoms with van der Waals surface area (Å²) in [6, 6.07) is 19.9. The van der Waals surface area contributed by atoms with E-state index in [2.05, 4.69) is 31.1 Å². The maximum atomic E-state index is 13.3. The van der Waals surface area contributed by atoms with E-state index in [9.17, 15) is 4.79 Å². The maximum Gasteiger partial charge on any atom is 0.231 e. The molecule has 41 heavy (non-hydrogen) atoms. The molecule has 0 atom stereocenters. The lowest BCUT2D eigenvalue weighted by Crippen LogP contribution is -2.32. The minimum absolute atomic E-state index is 0.0446. The van der Waals surface area contributed by atoms with E-state index in [1.807, 2.05) is 60.7 Å². The van der Waals surface area contributed by atoms with Crippen molar-refractivity contribution in [2.45, 2.75) is 69.7 Å². The maximum absolute atomic E-state index is 13.3. The Balaban J connectivity index is 1.30. The van der Waals surface area contributed by atoms with Crippen molar-refractivity contribution in [1.82, 2.24) is 20.3 Å². The number of pyridine rings is 1. The minimum Gasteiger partial charge on any atom is -0.370 e. The topological polar surface area (TPSA) is 77.0 Å². The highest BCUT2D eigenvalue weighted by Crippen LogP contribution is 2.43. The number of fused-ring (bicyclic) bond motifs is 5. The summed E-state index contributed by atoms with van der Waals surface area (Å²) in [5, 5.41) is 5.19. The first-order chi connectivity index (χ1) is 19.9. The Morgan fingerprint density at radius 2 is 1.76 bits per heavy atom. The monoisotopic (exact) mass is 582 g/mol. The van der Waals surface area contributed by atoms with Gasteiger partial charge in [-0.15, -0.1) is 11.3 Å². The van der Waals surface area contributed by atoms with Crippen molar-refractivity contribution in [3.63, 3.8) is 0 Å². The number of thioether (sulfide) groups is 1. The summed E-state index contributed by atoms with van der Waals surface area (Å²) in [6.07, 6.45) is 5.61. The third-order valence-electron chi connectivity index (χ3n) is 7.56. The van der Waals surface area contributed by atoms with E-state index < -0.39 is 0 Å². The van der Waals surface area contributed by atoms with E-state index >= 15 is 0 Å². The Bertz CT molecular complexity index is 1650. The molecule has 2 aromatic carbocycles. The van der Waals surface area contributed by atoms with Gasteiger partial charge in [0.05, 0.1) is 34.2 Å². The Hall–Kier alpha value is -3.33. The van der Waals surface area contributed by atoms with Gasteiger partial charge in [0.25, 0.3) is 0 Å². The predicted molar refractivity (Wildman–Crippen MR) is 167 cm³/mol. The number of aryl methyl sites for hydroxylation is 1. The van der Waals surface area contributed by atoms with Gasteiger partial charge in [-0.1, -0.05) is 85.8 Å². The van der Waals surface area contributed by atoms with Gasteiger partial charge < -0.3 is 10.1 Å². The van der Waals surface area contributed by atoms with Crippen molar-refractivity contribution in [3.8, 4) is 0 Å². The molecular formula is C33H34N4O2S2. The lowest BCUT2D eigenvalue weighted by molar-refractivity contribution is -0.119. The van der Waals surface area contributed by atoms with E-state index in [-0.39, 0.29) is 23.3 Å². The highest BCUT2D eigenvalue weighted by Gasteiger charge is 2.31. The number of carbonyl (C=O) groups excluding carboxylic acids is 1. The Morgan fingerprint density at radius 3 is 2.44 bits per heavy atom. The zero-order valence-corrected chi connectivity index (χ0v) is 25.3. The summed E-state index contributed by atoms with van der Waals surface area (Å²) in [5.74, 6) is 0.210. The number of amides is 1. The van der Waals surface area contributed by atoms with Crippen LogP contribution in [0.5, 0.6) is 0 Å². The first-order valence-electron chi connectivity index (χ1n) is 14.2. The number of hydrogen-bond donors (Lipinski definition) is 1. The summed E-state index contributed by atoms with van der Waals surface area (Å²) in [6.45, 7) is 7.09. The van der Waals surface area contributed by atoms with Crippen molar-refractivity contribution in [2.75, 3.05) is 5.75 Å². The molecule has 0 radical (unpaired) electrons. The molecule has 0 spiro atoms. The third-order valence-corrected chi connectivity index (χ3v) is 9.76. The lowest BCUT2D eigenvalue weighted by atomic mass is 9.88. The molecule has 0 aliphatic carbocycles. The average molecular weight is 583 g/mol. The molecule has 1 aliphatic rings. The SMILES string of the molecule is CCCCc1nc2sc3c(SCC(=O)NC(c4ccccc4)c4ccccc4)ncnc3c2c2c1COC(C)(C)C2. The predicted octanol–water partition coefficient (Wildman–Crippen LogP) is 7.43. The Labute approximate surface area is 249 Å². The van der Waals surface area contributed by atoms with Crippen LogP contribution < -0.4 is 5.32 Å². The molecule has 0 fully saturated rings. The van der Waals surface area contributed by atoms with Crippen molar-refractivity contribution in [1.29, 1.82) is 0 Å². The number of benzene rings is 2. The van der Waals surface area contributed by atoms with E-state index in [0.29, 0.717) is 6.61 Å². The van der Waals surface area contributed by atoms with Crippen LogP contribution in [-0.4, -0.2) is 32.2 Å². The molecule has 3 aromatic heterocycles. The number of ether oxygens (including phenoxy) is 1. The van der Waals surface area contributed by atoms with Gasteiger partial charge in [-0.25, -0.2) is 15.0 Å². The average Bonchev–Trinajstić information content (AvgIpc) is 3.37. The van der Waals surface area contributed by atoms with Crippen LogP contribution in [0.3, 0.4) is 0 Å². The van der Waals surface area contributed by atoms with E-state index in [0.717, 1.165) is 68.0 Å². The normalized spacial score (nSPS) is 14.4. The smallest absolute Gasteiger partial charge is 0.231 e. The first-order valence-corrected chi connectivity index (χ1v) is 16.0. The van der Waals surface area contributed by atoms with Gasteiger partial charge >= 0.3 is 0 Å². The standard InChI is InChI=1S/C33H34N4O2S2/c1-4-5-16-25-24-18-39-33(2,3)17-23(24)27-29-30(41-31(27)36-25)32(35-20-34-29)40-19-26(38)37-28(21-12-8-6-9-13-21)22-14-10-7-11-15-22/h6-15,20,28H,4-5,16-19H2,1-3H3,(H,37,38). The van der Waals surface area contributed by atoms with Gasteiger partial charge in [0.15, 0.2) is 0 Å².